The first kappa shape index (κ1) is 13.3. The molecule has 0 bridgehead atoms. The first-order valence-electron chi connectivity index (χ1n) is 6.46. The highest BCUT2D eigenvalue weighted by atomic mass is 32.2. The molecule has 1 spiro atoms. The first-order valence-corrected chi connectivity index (χ1v) is 7.90. The summed E-state index contributed by atoms with van der Waals surface area (Å²) >= 11 is 0. The van der Waals surface area contributed by atoms with Gasteiger partial charge in [-0.2, -0.15) is 4.31 Å². The van der Waals surface area contributed by atoms with Gasteiger partial charge in [-0.1, -0.05) is 17.7 Å². The monoisotopic (exact) mass is 293 g/mol. The van der Waals surface area contributed by atoms with Gasteiger partial charge in [0, 0.05) is 19.0 Å². The minimum Gasteiger partial charge on any atom is -0.436 e. The number of hydrogen-bond acceptors (Lipinski definition) is 4. The number of hydrogen-bond donors (Lipinski definition) is 0. The molecule has 20 heavy (non-hydrogen) atoms. The highest BCUT2D eigenvalue weighted by molar-refractivity contribution is 7.89. The summed E-state index contributed by atoms with van der Waals surface area (Å²) in [7, 11) is -3.67. The second-order valence-electron chi connectivity index (χ2n) is 5.09. The van der Waals surface area contributed by atoms with Crippen molar-refractivity contribution in [2.24, 2.45) is 0 Å². The van der Waals surface area contributed by atoms with E-state index in [-0.39, 0.29) is 4.90 Å². The number of carbonyl (C=O) groups excluding carboxylic acids is 1. The Bertz CT molecular complexity index is 678. The van der Waals surface area contributed by atoms with Crippen molar-refractivity contribution >= 4 is 16.0 Å². The normalized spacial score (nSPS) is 26.4. The largest absolute Gasteiger partial charge is 0.436 e. The lowest BCUT2D eigenvalue weighted by Crippen LogP contribution is -2.46. The fourth-order valence-corrected chi connectivity index (χ4v) is 4.36. The standard InChI is InChI=1S/C14H15NO4S/c1-11-3-5-12(6-4-11)20(17,18)15-10-2-8-14(15)9-7-13(16)19-14/h3-7,9H,2,8,10H2,1H3/t14-/m0/s1. The molecule has 2 aliphatic heterocycles. The molecule has 0 aliphatic carbocycles. The predicted octanol–water partition coefficient (Wildman–Crippen LogP) is 1.59. The number of aryl methyl sites for hydroxylation is 1. The second kappa shape index (κ2) is 4.43. The van der Waals surface area contributed by atoms with Crippen molar-refractivity contribution < 1.29 is 17.9 Å². The lowest BCUT2D eigenvalue weighted by molar-refractivity contribution is -0.151. The van der Waals surface area contributed by atoms with Crippen LogP contribution in [0.4, 0.5) is 0 Å². The van der Waals surface area contributed by atoms with Crippen LogP contribution in [0.25, 0.3) is 0 Å². The van der Waals surface area contributed by atoms with Crippen molar-refractivity contribution in [3.63, 3.8) is 0 Å². The maximum atomic E-state index is 12.7. The molecule has 0 N–H and O–H groups in total. The maximum Gasteiger partial charge on any atom is 0.332 e. The summed E-state index contributed by atoms with van der Waals surface area (Å²) in [6.07, 6.45) is 4.01. The number of carbonyl (C=O) groups is 1. The van der Waals surface area contributed by atoms with Crippen LogP contribution in [0.3, 0.4) is 0 Å². The average Bonchev–Trinajstić information content (AvgIpc) is 2.98. The first-order chi connectivity index (χ1) is 9.44. The molecule has 1 fully saturated rings. The smallest absolute Gasteiger partial charge is 0.332 e. The molecule has 3 rings (SSSR count). The molecule has 0 aromatic heterocycles. The third kappa shape index (κ3) is 1.96. The molecule has 1 aromatic rings. The van der Waals surface area contributed by atoms with Crippen LogP contribution in [0.2, 0.25) is 0 Å². The van der Waals surface area contributed by atoms with Crippen LogP contribution in [-0.2, 0) is 19.6 Å². The Morgan fingerprint density at radius 3 is 2.55 bits per heavy atom. The van der Waals surface area contributed by atoms with Gasteiger partial charge in [0.2, 0.25) is 10.0 Å². The van der Waals surface area contributed by atoms with Gasteiger partial charge in [-0.25, -0.2) is 13.2 Å². The van der Waals surface area contributed by atoms with Gasteiger partial charge in [-0.15, -0.1) is 0 Å². The fraction of sp³-hybridized carbons (Fsp3) is 0.357. The Morgan fingerprint density at radius 1 is 1.25 bits per heavy atom. The molecule has 0 unspecified atom stereocenters. The average molecular weight is 293 g/mol. The number of nitrogens with zero attached hydrogens (tertiary/aromatic N) is 1. The van der Waals surface area contributed by atoms with Crippen LogP contribution in [0.1, 0.15) is 18.4 Å². The Balaban J connectivity index is 2.01. The van der Waals surface area contributed by atoms with Gasteiger partial charge in [0.15, 0.2) is 5.72 Å². The van der Waals surface area contributed by atoms with Crippen molar-refractivity contribution in [3.8, 4) is 0 Å². The zero-order valence-corrected chi connectivity index (χ0v) is 11.9. The highest BCUT2D eigenvalue weighted by Gasteiger charge is 2.51. The van der Waals surface area contributed by atoms with E-state index < -0.39 is 21.7 Å². The van der Waals surface area contributed by atoms with Crippen molar-refractivity contribution in [3.05, 3.63) is 42.0 Å². The van der Waals surface area contributed by atoms with Gasteiger partial charge < -0.3 is 4.74 Å². The molecule has 2 aliphatic rings. The highest BCUT2D eigenvalue weighted by Crippen LogP contribution is 2.39. The quantitative estimate of drug-likeness (QED) is 0.777. The summed E-state index contributed by atoms with van der Waals surface area (Å²) < 4.78 is 32.0. The lowest BCUT2D eigenvalue weighted by atomic mass is 10.2. The van der Waals surface area contributed by atoms with Gasteiger partial charge in [0.25, 0.3) is 0 Å². The summed E-state index contributed by atoms with van der Waals surface area (Å²) in [4.78, 5) is 11.6. The Hall–Kier alpha value is -1.66. The maximum absolute atomic E-state index is 12.7. The zero-order valence-electron chi connectivity index (χ0n) is 11.1. The summed E-state index contributed by atoms with van der Waals surface area (Å²) in [6.45, 7) is 2.25. The zero-order chi connectivity index (χ0) is 14.4. The van der Waals surface area contributed by atoms with Gasteiger partial charge in [-0.05, 0) is 31.6 Å². The number of benzene rings is 1. The molecule has 0 saturated carbocycles. The van der Waals surface area contributed by atoms with Crippen LogP contribution in [0.15, 0.2) is 41.3 Å². The van der Waals surface area contributed by atoms with E-state index in [0.29, 0.717) is 19.4 Å². The number of rotatable bonds is 2. The van der Waals surface area contributed by atoms with E-state index in [1.807, 2.05) is 6.92 Å². The number of sulfonamides is 1. The van der Waals surface area contributed by atoms with E-state index >= 15 is 0 Å². The lowest BCUT2D eigenvalue weighted by Gasteiger charge is -2.31. The van der Waals surface area contributed by atoms with Crippen LogP contribution < -0.4 is 0 Å². The molecule has 1 aromatic carbocycles. The van der Waals surface area contributed by atoms with Gasteiger partial charge >= 0.3 is 5.97 Å². The summed E-state index contributed by atoms with van der Waals surface area (Å²) in [6, 6.07) is 6.67. The Kier molecular flexibility index (Phi) is 2.95. The molecule has 6 heteroatoms. The third-order valence-corrected chi connectivity index (χ3v) is 5.62. The van der Waals surface area contributed by atoms with Crippen LogP contribution in [0, 0.1) is 6.92 Å². The molecular weight excluding hydrogens is 278 g/mol. The van der Waals surface area contributed by atoms with Gasteiger partial charge in [0.05, 0.1) is 4.90 Å². The van der Waals surface area contributed by atoms with Crippen LogP contribution >= 0.6 is 0 Å². The second-order valence-corrected chi connectivity index (χ2v) is 6.96. The van der Waals surface area contributed by atoms with Crippen LogP contribution in [0.5, 0.6) is 0 Å². The minimum absolute atomic E-state index is 0.223. The van der Waals surface area contributed by atoms with Crippen molar-refractivity contribution in [2.45, 2.75) is 30.4 Å². The topological polar surface area (TPSA) is 63.7 Å². The van der Waals surface area contributed by atoms with Crippen molar-refractivity contribution in [1.29, 1.82) is 0 Å². The SMILES string of the molecule is Cc1ccc(S(=O)(=O)N2CCC[C@]23C=CC(=O)O3)cc1. The molecule has 1 atom stereocenters. The molecule has 2 heterocycles. The number of esters is 1. The summed E-state index contributed by atoms with van der Waals surface area (Å²) in [5, 5.41) is 0. The van der Waals surface area contributed by atoms with E-state index in [4.69, 9.17) is 4.74 Å². The Morgan fingerprint density at radius 2 is 1.95 bits per heavy atom. The number of ether oxygens (including phenoxy) is 1. The van der Waals surface area contributed by atoms with Crippen molar-refractivity contribution in [1.82, 2.24) is 4.31 Å². The van der Waals surface area contributed by atoms with Gasteiger partial charge in [0.1, 0.15) is 0 Å². The minimum atomic E-state index is -3.67. The summed E-state index contributed by atoms with van der Waals surface area (Å²) in [5.41, 5.74) is -0.131. The van der Waals surface area contributed by atoms with E-state index in [0.717, 1.165) is 5.56 Å². The molecular formula is C14H15NO4S. The van der Waals surface area contributed by atoms with E-state index in [1.54, 1.807) is 30.3 Å². The molecule has 5 nitrogen and oxygen atoms in total. The van der Waals surface area contributed by atoms with Crippen LogP contribution in [-0.4, -0.2) is 31.0 Å². The third-order valence-electron chi connectivity index (χ3n) is 3.68. The molecule has 1 saturated heterocycles. The van der Waals surface area contributed by atoms with Crippen molar-refractivity contribution in [2.75, 3.05) is 6.54 Å². The summed E-state index contributed by atoms with van der Waals surface area (Å²) in [5.74, 6) is -0.490. The molecule has 0 amide bonds. The Labute approximate surface area is 117 Å². The van der Waals surface area contributed by atoms with E-state index in [1.165, 1.54) is 10.4 Å². The van der Waals surface area contributed by atoms with E-state index in [2.05, 4.69) is 0 Å². The van der Waals surface area contributed by atoms with E-state index in [9.17, 15) is 13.2 Å². The predicted molar refractivity (Wildman–Crippen MR) is 72.3 cm³/mol. The molecule has 106 valence electrons. The fourth-order valence-electron chi connectivity index (χ4n) is 2.66. The van der Waals surface area contributed by atoms with Gasteiger partial charge in [-0.3, -0.25) is 0 Å². The molecule has 0 radical (unpaired) electrons.